The lowest BCUT2D eigenvalue weighted by atomic mass is 10.1. The Balaban J connectivity index is 2.15. The van der Waals surface area contributed by atoms with Crippen molar-refractivity contribution in [3.63, 3.8) is 0 Å². The van der Waals surface area contributed by atoms with E-state index >= 15 is 0 Å². The van der Waals surface area contributed by atoms with Gasteiger partial charge in [0.1, 0.15) is 0 Å². The summed E-state index contributed by atoms with van der Waals surface area (Å²) in [4.78, 5) is 15.1. The number of guanidine groups is 1. The van der Waals surface area contributed by atoms with Crippen LogP contribution in [-0.2, 0) is 4.79 Å². The number of rotatable bonds is 2. The third kappa shape index (κ3) is 2.70. The van der Waals surface area contributed by atoms with Crippen LogP contribution in [0.2, 0.25) is 10.0 Å². The average Bonchev–Trinajstić information content (AvgIpc) is 3.00. The first-order valence-corrected chi connectivity index (χ1v) is 5.83. The summed E-state index contributed by atoms with van der Waals surface area (Å²) in [5.41, 5.74) is 11.2. The van der Waals surface area contributed by atoms with E-state index < -0.39 is 0 Å². The fourth-order valence-corrected chi connectivity index (χ4v) is 2.26. The Bertz CT molecular complexity index is 497. The predicted octanol–water partition coefficient (Wildman–Crippen LogP) is 1.90. The second kappa shape index (κ2) is 4.55. The van der Waals surface area contributed by atoms with Crippen molar-refractivity contribution in [1.29, 1.82) is 0 Å². The molecule has 4 nitrogen and oxygen atoms in total. The largest absolute Gasteiger partial charge is 0.370 e. The van der Waals surface area contributed by atoms with Gasteiger partial charge < -0.3 is 11.5 Å². The molecule has 90 valence electrons. The van der Waals surface area contributed by atoms with Crippen LogP contribution in [0.15, 0.2) is 23.2 Å². The molecule has 0 bridgehead atoms. The molecular weight excluding hydrogens is 261 g/mol. The molecule has 6 heteroatoms. The second-order valence-electron chi connectivity index (χ2n) is 3.99. The summed E-state index contributed by atoms with van der Waals surface area (Å²) in [5.74, 6) is -0.631. The molecule has 1 aliphatic rings. The van der Waals surface area contributed by atoms with Gasteiger partial charge in [-0.15, -0.1) is 0 Å². The van der Waals surface area contributed by atoms with Crippen molar-refractivity contribution < 1.29 is 4.79 Å². The van der Waals surface area contributed by atoms with Gasteiger partial charge in [0.15, 0.2) is 5.96 Å². The summed E-state index contributed by atoms with van der Waals surface area (Å²) in [5, 5.41) is 1.21. The van der Waals surface area contributed by atoms with E-state index in [1.165, 1.54) is 0 Å². The van der Waals surface area contributed by atoms with Crippen LogP contribution in [0.1, 0.15) is 17.9 Å². The third-order valence-corrected chi connectivity index (χ3v) is 3.28. The van der Waals surface area contributed by atoms with Crippen molar-refractivity contribution in [3.05, 3.63) is 33.8 Å². The number of nitrogens with zero attached hydrogens (tertiary/aromatic N) is 1. The summed E-state index contributed by atoms with van der Waals surface area (Å²) in [7, 11) is 0. The van der Waals surface area contributed by atoms with Gasteiger partial charge in [0, 0.05) is 16.0 Å². The minimum absolute atomic E-state index is 0.0665. The van der Waals surface area contributed by atoms with Gasteiger partial charge in [-0.2, -0.15) is 4.99 Å². The topological polar surface area (TPSA) is 81.5 Å². The molecule has 1 aromatic rings. The highest BCUT2D eigenvalue weighted by atomic mass is 35.5. The van der Waals surface area contributed by atoms with Gasteiger partial charge in [-0.05, 0) is 36.1 Å². The SMILES string of the molecule is NC(N)=NC(=O)[C@@H]1CC1c1cc(Cl)ccc1Cl. The van der Waals surface area contributed by atoms with E-state index in [0.717, 1.165) is 5.56 Å². The van der Waals surface area contributed by atoms with E-state index in [2.05, 4.69) is 4.99 Å². The fourth-order valence-electron chi connectivity index (χ4n) is 1.82. The van der Waals surface area contributed by atoms with Gasteiger partial charge in [0.2, 0.25) is 0 Å². The van der Waals surface area contributed by atoms with Gasteiger partial charge in [0.05, 0.1) is 0 Å². The Morgan fingerprint density at radius 1 is 1.35 bits per heavy atom. The number of hydrogen-bond acceptors (Lipinski definition) is 1. The number of nitrogens with two attached hydrogens (primary N) is 2. The van der Waals surface area contributed by atoms with Crippen LogP contribution in [-0.4, -0.2) is 11.9 Å². The van der Waals surface area contributed by atoms with Crippen LogP contribution in [0, 0.1) is 5.92 Å². The Kier molecular flexibility index (Phi) is 3.26. The Labute approximate surface area is 109 Å². The lowest BCUT2D eigenvalue weighted by molar-refractivity contribution is -0.119. The van der Waals surface area contributed by atoms with Crippen molar-refractivity contribution in [1.82, 2.24) is 0 Å². The van der Waals surface area contributed by atoms with E-state index in [-0.39, 0.29) is 23.7 Å². The smallest absolute Gasteiger partial charge is 0.252 e. The number of aliphatic imine (C=N–C) groups is 1. The molecule has 17 heavy (non-hydrogen) atoms. The summed E-state index contributed by atoms with van der Waals surface area (Å²) >= 11 is 11.9. The molecule has 2 rings (SSSR count). The van der Waals surface area contributed by atoms with Crippen molar-refractivity contribution in [2.24, 2.45) is 22.4 Å². The molecule has 0 radical (unpaired) electrons. The van der Waals surface area contributed by atoms with Crippen LogP contribution in [0.5, 0.6) is 0 Å². The number of benzene rings is 1. The Morgan fingerprint density at radius 3 is 2.71 bits per heavy atom. The minimum Gasteiger partial charge on any atom is -0.370 e. The third-order valence-electron chi connectivity index (χ3n) is 2.70. The highest BCUT2D eigenvalue weighted by Gasteiger charge is 2.45. The molecule has 1 unspecified atom stereocenters. The standard InChI is InChI=1S/C11H11Cl2N3O/c12-5-1-2-9(13)7(3-5)6-4-8(6)10(17)16-11(14)15/h1-3,6,8H,4H2,(H4,14,15,16,17)/t6?,8-/m1/s1. The van der Waals surface area contributed by atoms with Crippen LogP contribution >= 0.6 is 23.2 Å². The molecule has 0 aromatic heterocycles. The number of halogens is 2. The maximum absolute atomic E-state index is 11.6. The first-order chi connectivity index (χ1) is 7.99. The molecule has 0 saturated heterocycles. The van der Waals surface area contributed by atoms with Crippen molar-refractivity contribution in [3.8, 4) is 0 Å². The maximum atomic E-state index is 11.6. The quantitative estimate of drug-likeness (QED) is 0.637. The molecule has 2 atom stereocenters. The van der Waals surface area contributed by atoms with Crippen molar-refractivity contribution in [2.45, 2.75) is 12.3 Å². The van der Waals surface area contributed by atoms with Gasteiger partial charge >= 0.3 is 0 Å². The number of carbonyl (C=O) groups is 1. The second-order valence-corrected chi connectivity index (χ2v) is 4.83. The molecule has 1 aromatic carbocycles. The molecule has 4 N–H and O–H groups in total. The van der Waals surface area contributed by atoms with Gasteiger partial charge in [0.25, 0.3) is 5.91 Å². The van der Waals surface area contributed by atoms with Crippen LogP contribution in [0.3, 0.4) is 0 Å². The normalized spacial score (nSPS) is 22.0. The molecule has 0 heterocycles. The molecule has 1 fully saturated rings. The lowest BCUT2D eigenvalue weighted by Gasteiger charge is -2.03. The fraction of sp³-hybridized carbons (Fsp3) is 0.273. The average molecular weight is 272 g/mol. The zero-order chi connectivity index (χ0) is 12.6. The molecule has 0 aliphatic heterocycles. The Hall–Kier alpha value is -1.26. The van der Waals surface area contributed by atoms with Crippen molar-refractivity contribution in [2.75, 3.05) is 0 Å². The van der Waals surface area contributed by atoms with E-state index in [1.807, 2.05) is 0 Å². The summed E-state index contributed by atoms with van der Waals surface area (Å²) in [6.45, 7) is 0. The first-order valence-electron chi connectivity index (χ1n) is 5.07. The van der Waals surface area contributed by atoms with Crippen LogP contribution in [0.4, 0.5) is 0 Å². The summed E-state index contributed by atoms with van der Waals surface area (Å²) < 4.78 is 0. The molecule has 1 aliphatic carbocycles. The summed E-state index contributed by atoms with van der Waals surface area (Å²) in [6, 6.07) is 5.21. The van der Waals surface area contributed by atoms with E-state index in [4.69, 9.17) is 34.7 Å². The molecular formula is C11H11Cl2N3O. The lowest BCUT2D eigenvalue weighted by Crippen LogP contribution is -2.24. The zero-order valence-electron chi connectivity index (χ0n) is 8.86. The maximum Gasteiger partial charge on any atom is 0.252 e. The number of hydrogen-bond donors (Lipinski definition) is 2. The zero-order valence-corrected chi connectivity index (χ0v) is 10.4. The highest BCUT2D eigenvalue weighted by Crippen LogP contribution is 2.50. The highest BCUT2D eigenvalue weighted by molar-refractivity contribution is 6.33. The van der Waals surface area contributed by atoms with Crippen LogP contribution < -0.4 is 11.5 Å². The number of amides is 1. The van der Waals surface area contributed by atoms with E-state index in [1.54, 1.807) is 18.2 Å². The summed E-state index contributed by atoms with van der Waals surface area (Å²) in [6.07, 6.45) is 0.704. The molecule has 1 saturated carbocycles. The minimum atomic E-state index is -0.300. The number of carbonyl (C=O) groups excluding carboxylic acids is 1. The molecule has 0 spiro atoms. The van der Waals surface area contributed by atoms with Crippen molar-refractivity contribution >= 4 is 35.1 Å². The van der Waals surface area contributed by atoms with Gasteiger partial charge in [-0.3, -0.25) is 4.79 Å². The van der Waals surface area contributed by atoms with E-state index in [9.17, 15) is 4.79 Å². The van der Waals surface area contributed by atoms with E-state index in [0.29, 0.717) is 16.5 Å². The Morgan fingerprint density at radius 2 is 2.06 bits per heavy atom. The monoisotopic (exact) mass is 271 g/mol. The predicted molar refractivity (Wildman–Crippen MR) is 68.1 cm³/mol. The van der Waals surface area contributed by atoms with Gasteiger partial charge in [-0.25, -0.2) is 0 Å². The van der Waals surface area contributed by atoms with Gasteiger partial charge in [-0.1, -0.05) is 23.2 Å². The molecule has 1 amide bonds. The van der Waals surface area contributed by atoms with Crippen LogP contribution in [0.25, 0.3) is 0 Å². The first kappa shape index (κ1) is 12.2.